The van der Waals surface area contributed by atoms with Crippen LogP contribution in [-0.4, -0.2) is 42.5 Å². The third-order valence-corrected chi connectivity index (χ3v) is 6.99. The zero-order valence-electron chi connectivity index (χ0n) is 19.8. The maximum Gasteiger partial charge on any atom is 0.133 e. The second-order valence-electron chi connectivity index (χ2n) is 7.67. The Balaban J connectivity index is 2.32. The molecule has 0 amide bonds. The maximum absolute atomic E-state index is 5.80. The number of thiophene rings is 1. The van der Waals surface area contributed by atoms with Crippen molar-refractivity contribution >= 4 is 17.0 Å². The van der Waals surface area contributed by atoms with E-state index < -0.39 is 0 Å². The van der Waals surface area contributed by atoms with E-state index in [2.05, 4.69) is 13.8 Å². The Morgan fingerprint density at radius 2 is 0.968 bits per heavy atom. The van der Waals surface area contributed by atoms with E-state index in [4.69, 9.17) is 18.9 Å². The standard InChI is InChI=1S/C25H31NO4S/c1-14-10-18(27-6)22(19(11-14)28-7)24-15(2)16(3)25(31-24)23-20(29-8)12-17(26(4)5)13-21(23)30-9/h10-13H,1-9H3. The Hall–Kier alpha value is -2.86. The van der Waals surface area contributed by atoms with Gasteiger partial charge in [-0.2, -0.15) is 0 Å². The molecule has 0 fully saturated rings. The first-order valence-electron chi connectivity index (χ1n) is 10.0. The van der Waals surface area contributed by atoms with E-state index in [0.717, 1.165) is 55.1 Å². The van der Waals surface area contributed by atoms with Crippen LogP contribution in [0.4, 0.5) is 5.69 Å². The van der Waals surface area contributed by atoms with E-state index in [9.17, 15) is 0 Å². The molecule has 31 heavy (non-hydrogen) atoms. The summed E-state index contributed by atoms with van der Waals surface area (Å²) in [6.45, 7) is 6.31. The number of rotatable bonds is 7. The molecule has 2 aromatic carbocycles. The summed E-state index contributed by atoms with van der Waals surface area (Å²) < 4.78 is 23.1. The average Bonchev–Trinajstić information content (AvgIpc) is 3.05. The highest BCUT2D eigenvalue weighted by molar-refractivity contribution is 7.19. The zero-order valence-corrected chi connectivity index (χ0v) is 20.6. The third kappa shape index (κ3) is 4.04. The summed E-state index contributed by atoms with van der Waals surface area (Å²) in [5, 5.41) is 0. The molecule has 0 saturated carbocycles. The molecule has 0 spiro atoms. The zero-order chi connectivity index (χ0) is 22.9. The van der Waals surface area contributed by atoms with Crippen molar-refractivity contribution in [1.29, 1.82) is 0 Å². The van der Waals surface area contributed by atoms with Crippen LogP contribution in [0.3, 0.4) is 0 Å². The van der Waals surface area contributed by atoms with Gasteiger partial charge in [0.25, 0.3) is 0 Å². The number of nitrogens with zero attached hydrogens (tertiary/aromatic N) is 1. The van der Waals surface area contributed by atoms with E-state index in [0.29, 0.717) is 0 Å². The summed E-state index contributed by atoms with van der Waals surface area (Å²) >= 11 is 1.70. The fourth-order valence-corrected chi connectivity index (χ4v) is 5.14. The van der Waals surface area contributed by atoms with Gasteiger partial charge in [0.05, 0.1) is 39.6 Å². The molecule has 6 heteroatoms. The van der Waals surface area contributed by atoms with Crippen molar-refractivity contribution in [2.75, 3.05) is 47.4 Å². The van der Waals surface area contributed by atoms with Crippen LogP contribution >= 0.6 is 11.3 Å². The maximum atomic E-state index is 5.80. The van der Waals surface area contributed by atoms with Crippen LogP contribution < -0.4 is 23.8 Å². The Morgan fingerprint density at radius 3 is 1.29 bits per heavy atom. The van der Waals surface area contributed by atoms with Crippen LogP contribution in [0.1, 0.15) is 16.7 Å². The van der Waals surface area contributed by atoms with Crippen molar-refractivity contribution in [3.8, 4) is 43.9 Å². The number of anilines is 1. The first kappa shape index (κ1) is 22.8. The fraction of sp³-hybridized carbons (Fsp3) is 0.360. The summed E-state index contributed by atoms with van der Waals surface area (Å²) in [4.78, 5) is 4.26. The number of ether oxygens (including phenoxy) is 4. The number of hydrogen-bond donors (Lipinski definition) is 0. The van der Waals surface area contributed by atoms with Gasteiger partial charge < -0.3 is 23.8 Å². The molecule has 0 aliphatic heterocycles. The Kier molecular flexibility index (Phi) is 6.70. The van der Waals surface area contributed by atoms with Gasteiger partial charge in [-0.05, 0) is 49.6 Å². The highest BCUT2D eigenvalue weighted by Gasteiger charge is 2.25. The van der Waals surface area contributed by atoms with Gasteiger partial charge in [0.1, 0.15) is 23.0 Å². The molecule has 5 nitrogen and oxygen atoms in total. The summed E-state index contributed by atoms with van der Waals surface area (Å²) in [5.41, 5.74) is 6.39. The van der Waals surface area contributed by atoms with Crippen LogP contribution in [0.5, 0.6) is 23.0 Å². The van der Waals surface area contributed by atoms with Gasteiger partial charge >= 0.3 is 0 Å². The average molecular weight is 442 g/mol. The molecular formula is C25H31NO4S. The van der Waals surface area contributed by atoms with Crippen molar-refractivity contribution in [2.45, 2.75) is 20.8 Å². The predicted molar refractivity (Wildman–Crippen MR) is 130 cm³/mol. The molecule has 0 aliphatic rings. The van der Waals surface area contributed by atoms with Gasteiger partial charge in [-0.3, -0.25) is 0 Å². The largest absolute Gasteiger partial charge is 0.496 e. The molecule has 0 unspecified atom stereocenters. The van der Waals surface area contributed by atoms with E-state index >= 15 is 0 Å². The van der Waals surface area contributed by atoms with Gasteiger partial charge in [0.15, 0.2) is 0 Å². The quantitative estimate of drug-likeness (QED) is 0.442. The van der Waals surface area contributed by atoms with E-state index in [1.165, 1.54) is 11.1 Å². The molecule has 0 radical (unpaired) electrons. The van der Waals surface area contributed by atoms with Gasteiger partial charge in [-0.25, -0.2) is 0 Å². The SMILES string of the molecule is COc1cc(C)cc(OC)c1-c1sc(-c2c(OC)cc(N(C)C)cc2OC)c(C)c1C. The number of methoxy groups -OCH3 is 4. The van der Waals surface area contributed by atoms with E-state index in [-0.39, 0.29) is 0 Å². The second kappa shape index (κ2) is 9.10. The monoisotopic (exact) mass is 441 g/mol. The van der Waals surface area contributed by atoms with Crippen molar-refractivity contribution in [3.63, 3.8) is 0 Å². The minimum Gasteiger partial charge on any atom is -0.496 e. The Bertz CT molecular complexity index is 1050. The summed E-state index contributed by atoms with van der Waals surface area (Å²) in [5.74, 6) is 3.16. The molecule has 0 saturated heterocycles. The molecule has 166 valence electrons. The molecule has 1 aromatic heterocycles. The lowest BCUT2D eigenvalue weighted by molar-refractivity contribution is 0.397. The molecule has 0 N–H and O–H groups in total. The number of hydrogen-bond acceptors (Lipinski definition) is 6. The summed E-state index contributed by atoms with van der Waals surface area (Å²) in [6, 6.07) is 8.16. The number of aryl methyl sites for hydroxylation is 1. The Morgan fingerprint density at radius 1 is 0.613 bits per heavy atom. The van der Waals surface area contributed by atoms with Crippen LogP contribution in [0.15, 0.2) is 24.3 Å². The van der Waals surface area contributed by atoms with E-state index in [1.54, 1.807) is 39.8 Å². The van der Waals surface area contributed by atoms with Gasteiger partial charge in [0.2, 0.25) is 0 Å². The van der Waals surface area contributed by atoms with Crippen LogP contribution in [0, 0.1) is 20.8 Å². The van der Waals surface area contributed by atoms with Crippen molar-refractivity contribution in [2.24, 2.45) is 0 Å². The van der Waals surface area contributed by atoms with Crippen molar-refractivity contribution < 1.29 is 18.9 Å². The molecular weight excluding hydrogens is 410 g/mol. The molecule has 0 atom stereocenters. The molecule has 3 rings (SSSR count). The van der Waals surface area contributed by atoms with E-state index in [1.807, 2.05) is 50.2 Å². The second-order valence-corrected chi connectivity index (χ2v) is 8.70. The topological polar surface area (TPSA) is 40.2 Å². The molecule has 3 aromatic rings. The summed E-state index contributed by atoms with van der Waals surface area (Å²) in [6.07, 6.45) is 0. The summed E-state index contributed by atoms with van der Waals surface area (Å²) in [7, 11) is 10.8. The normalized spacial score (nSPS) is 10.7. The van der Waals surface area contributed by atoms with Crippen LogP contribution in [0.2, 0.25) is 0 Å². The van der Waals surface area contributed by atoms with Crippen LogP contribution in [-0.2, 0) is 0 Å². The lowest BCUT2D eigenvalue weighted by Gasteiger charge is -2.19. The molecule has 0 aliphatic carbocycles. The van der Waals surface area contributed by atoms with Gasteiger partial charge in [0, 0.05) is 41.7 Å². The van der Waals surface area contributed by atoms with Crippen molar-refractivity contribution in [1.82, 2.24) is 0 Å². The lowest BCUT2D eigenvalue weighted by Crippen LogP contribution is -2.09. The third-order valence-electron chi connectivity index (χ3n) is 5.56. The van der Waals surface area contributed by atoms with Crippen LogP contribution in [0.25, 0.3) is 20.9 Å². The highest BCUT2D eigenvalue weighted by Crippen LogP contribution is 2.52. The van der Waals surface area contributed by atoms with Gasteiger partial charge in [-0.1, -0.05) is 0 Å². The Labute approximate surface area is 189 Å². The fourth-order valence-electron chi connectivity index (χ4n) is 3.72. The predicted octanol–water partition coefficient (Wildman–Crippen LogP) is 6.11. The number of benzene rings is 2. The highest BCUT2D eigenvalue weighted by atomic mass is 32.1. The van der Waals surface area contributed by atoms with Crippen molar-refractivity contribution in [3.05, 3.63) is 41.0 Å². The van der Waals surface area contributed by atoms with Gasteiger partial charge in [-0.15, -0.1) is 11.3 Å². The molecule has 1 heterocycles. The minimum absolute atomic E-state index is 0.779. The lowest BCUT2D eigenvalue weighted by atomic mass is 10.0. The first-order chi connectivity index (χ1) is 14.8. The first-order valence-corrected chi connectivity index (χ1v) is 10.9. The minimum atomic E-state index is 0.779. The smallest absolute Gasteiger partial charge is 0.133 e. The molecule has 0 bridgehead atoms.